The van der Waals surface area contributed by atoms with Crippen LogP contribution in [0.5, 0.6) is 0 Å². The van der Waals surface area contributed by atoms with Gasteiger partial charge in [0.15, 0.2) is 0 Å². The van der Waals surface area contributed by atoms with Crippen LogP contribution >= 0.6 is 29.8 Å². The van der Waals surface area contributed by atoms with Gasteiger partial charge in [0.2, 0.25) is 0 Å². The van der Waals surface area contributed by atoms with Crippen LogP contribution in [0.4, 0.5) is 0 Å². The fourth-order valence-corrected chi connectivity index (χ4v) is 6.97. The second-order valence-electron chi connectivity index (χ2n) is 6.54. The van der Waals surface area contributed by atoms with E-state index >= 15 is 0 Å². The van der Waals surface area contributed by atoms with Crippen molar-refractivity contribution in [2.75, 3.05) is 13.7 Å². The van der Waals surface area contributed by atoms with Gasteiger partial charge in [-0.05, 0) is 27.2 Å². The van der Waals surface area contributed by atoms with E-state index < -0.39 is 19.5 Å². The molecule has 1 aromatic heterocycles. The third kappa shape index (κ3) is 7.47. The number of H-pyrrole nitrogens is 1. The number of hydrogen-bond donors (Lipinski definition) is 1. The maximum Gasteiger partial charge on any atom is 0.328 e. The Balaban J connectivity index is 0.00000364. The molecule has 0 bridgehead atoms. The minimum atomic E-state index is -2.65. The van der Waals surface area contributed by atoms with Crippen LogP contribution in [0.1, 0.15) is 27.2 Å². The summed E-state index contributed by atoms with van der Waals surface area (Å²) < 4.78 is 29.8. The summed E-state index contributed by atoms with van der Waals surface area (Å²) in [5.74, 6) is 0. The topological polar surface area (TPSA) is 99.6 Å². The first-order chi connectivity index (χ1) is 12.2. The van der Waals surface area contributed by atoms with E-state index in [-0.39, 0.29) is 48.6 Å². The van der Waals surface area contributed by atoms with Gasteiger partial charge in [-0.3, -0.25) is 14.3 Å². The Bertz CT molecular complexity index is 744. The van der Waals surface area contributed by atoms with Gasteiger partial charge in [0.25, 0.3) is 5.56 Å². The Morgan fingerprint density at radius 3 is 2.67 bits per heavy atom. The number of hydrogen-bond acceptors (Lipinski definition) is 8. The van der Waals surface area contributed by atoms with Crippen LogP contribution in [0.2, 0.25) is 0 Å². The first-order valence-corrected chi connectivity index (χ1v) is 11.7. The molecule has 8 nitrogen and oxygen atoms in total. The molecule has 2 heterocycles. The number of nitrogens with zero attached hydrogens (tertiary/aromatic N) is 1. The molecule has 0 saturated carbocycles. The first kappa shape index (κ1) is 25.2. The van der Waals surface area contributed by atoms with E-state index in [1.165, 1.54) is 23.9 Å². The molecule has 1 N–H and O–H groups in total. The molecule has 0 spiro atoms. The number of rotatable bonds is 9. The van der Waals surface area contributed by atoms with Gasteiger partial charge < -0.3 is 18.4 Å². The zero-order chi connectivity index (χ0) is 19.3. The summed E-state index contributed by atoms with van der Waals surface area (Å²) in [5.41, 5.74) is -0.911. The summed E-state index contributed by atoms with van der Waals surface area (Å²) in [7, 11) is 2.32. The number of aryl methyl sites for hydroxylation is 1. The van der Waals surface area contributed by atoms with E-state index in [9.17, 15) is 14.2 Å². The van der Waals surface area contributed by atoms with Crippen LogP contribution in [0, 0.1) is 0 Å². The second kappa shape index (κ2) is 11.3. The molecule has 1 fully saturated rings. The zero-order valence-electron chi connectivity index (χ0n) is 15.6. The van der Waals surface area contributed by atoms with Crippen LogP contribution < -0.4 is 11.2 Å². The largest absolute Gasteiger partial charge is 0.379 e. The summed E-state index contributed by atoms with van der Waals surface area (Å²) in [6, 6.07) is 1.28. The molecular weight excluding hydrogens is 590 g/mol. The molecule has 0 aromatic carbocycles. The maximum atomic E-state index is 12.2. The molecule has 0 aliphatic carbocycles. The molecular formula is C15H25N2O6OsPS2. The summed E-state index contributed by atoms with van der Waals surface area (Å²) in [6.07, 6.45) is 1.41. The van der Waals surface area contributed by atoms with E-state index in [1.807, 2.05) is 6.92 Å². The maximum absolute atomic E-state index is 12.2. The van der Waals surface area contributed by atoms with Crippen LogP contribution in [0.3, 0.4) is 0 Å². The van der Waals surface area contributed by atoms with Crippen molar-refractivity contribution in [3.63, 3.8) is 0 Å². The van der Waals surface area contributed by atoms with Crippen molar-refractivity contribution in [1.29, 1.82) is 0 Å². The molecule has 12 heteroatoms. The average Bonchev–Trinajstić information content (AvgIpc) is 2.83. The summed E-state index contributed by atoms with van der Waals surface area (Å²) in [6.45, 7) is 6.63. The van der Waals surface area contributed by atoms with Gasteiger partial charge in [-0.1, -0.05) is 21.6 Å². The van der Waals surface area contributed by atoms with E-state index in [2.05, 4.69) is 18.8 Å². The molecule has 156 valence electrons. The molecule has 1 aliphatic rings. The van der Waals surface area contributed by atoms with Crippen molar-refractivity contribution in [2.45, 2.75) is 55.9 Å². The summed E-state index contributed by atoms with van der Waals surface area (Å²) >= 11 is 0. The minimum absolute atomic E-state index is 0. The fourth-order valence-electron chi connectivity index (χ4n) is 2.57. The van der Waals surface area contributed by atoms with Gasteiger partial charge in [0.05, 0.1) is 18.8 Å². The molecule has 0 amide bonds. The van der Waals surface area contributed by atoms with Gasteiger partial charge in [0.1, 0.15) is 0 Å². The number of nitrogens with one attached hydrogen (secondary N) is 1. The predicted molar refractivity (Wildman–Crippen MR) is 105 cm³/mol. The number of aromatic nitrogens is 2. The molecule has 2 rings (SSSR count). The van der Waals surface area contributed by atoms with Crippen molar-refractivity contribution in [1.82, 2.24) is 9.55 Å². The molecule has 1 aliphatic heterocycles. The van der Waals surface area contributed by atoms with Crippen molar-refractivity contribution < 1.29 is 38.1 Å². The van der Waals surface area contributed by atoms with E-state index in [1.54, 1.807) is 21.6 Å². The van der Waals surface area contributed by atoms with Crippen molar-refractivity contribution in [3.8, 4) is 0 Å². The van der Waals surface area contributed by atoms with Gasteiger partial charge in [-0.2, -0.15) is 0 Å². The summed E-state index contributed by atoms with van der Waals surface area (Å²) in [5, 5.41) is 0.234. The SMILES string of the molecule is CO[C@H](CCn1ccc(=O)[nH]c1=O)CO[PH](=O)O[C@@H]1[C@H](C)SSC1(C)C.[Os]. The van der Waals surface area contributed by atoms with Gasteiger partial charge in [-0.25, -0.2) is 4.79 Å². The molecule has 1 unspecified atom stereocenters. The third-order valence-corrected chi connectivity index (χ3v) is 8.70. The van der Waals surface area contributed by atoms with E-state index in [0.29, 0.717) is 13.0 Å². The van der Waals surface area contributed by atoms with Crippen molar-refractivity contribution in [3.05, 3.63) is 33.1 Å². The van der Waals surface area contributed by atoms with Crippen LogP contribution in [-0.2, 0) is 44.7 Å². The van der Waals surface area contributed by atoms with E-state index in [4.69, 9.17) is 13.8 Å². The Morgan fingerprint density at radius 2 is 2.11 bits per heavy atom. The monoisotopic (exact) mass is 616 g/mol. The molecule has 4 atom stereocenters. The Hall–Kier alpha value is 0.126. The van der Waals surface area contributed by atoms with Crippen LogP contribution in [-0.4, -0.2) is 45.5 Å². The second-order valence-corrected chi connectivity index (χ2v) is 10.8. The molecule has 1 aromatic rings. The third-order valence-electron chi connectivity index (χ3n) is 4.06. The van der Waals surface area contributed by atoms with Gasteiger partial charge in [-0.15, -0.1) is 0 Å². The predicted octanol–water partition coefficient (Wildman–Crippen LogP) is 2.29. The van der Waals surface area contributed by atoms with Crippen molar-refractivity contribution in [2.24, 2.45) is 0 Å². The standard InChI is InChI=1S/C15H25N2O6PS2.Os/c1-10-13(15(2,3)26-25-10)23-24(20)22-9-11(21-4)5-7-17-8-6-12(18)16-14(17)19;/h6,8,10-11,13,24H,5,7,9H2,1-4H3,(H,16,18,19);/t10-,11+,13+;/m0./s1. The molecule has 1 saturated heterocycles. The first-order valence-electron chi connectivity index (χ1n) is 8.23. The Kier molecular flexibility index (Phi) is 10.6. The summed E-state index contributed by atoms with van der Waals surface area (Å²) in [4.78, 5) is 24.9. The number of methoxy groups -OCH3 is 1. The fraction of sp³-hybridized carbons (Fsp3) is 0.733. The van der Waals surface area contributed by atoms with Crippen molar-refractivity contribution >= 4 is 29.8 Å². The normalized spacial score (nSPS) is 23.6. The smallest absolute Gasteiger partial charge is 0.328 e. The van der Waals surface area contributed by atoms with Crippen LogP contribution in [0.25, 0.3) is 0 Å². The number of aromatic amines is 1. The van der Waals surface area contributed by atoms with Gasteiger partial charge >= 0.3 is 13.9 Å². The Morgan fingerprint density at radius 1 is 1.41 bits per heavy atom. The van der Waals surface area contributed by atoms with E-state index in [0.717, 1.165) is 0 Å². The quantitative estimate of drug-likeness (QED) is 0.334. The van der Waals surface area contributed by atoms with Crippen LogP contribution in [0.15, 0.2) is 21.9 Å². The zero-order valence-corrected chi connectivity index (χ0v) is 20.7. The Labute approximate surface area is 179 Å². The minimum Gasteiger partial charge on any atom is -0.379 e. The average molecular weight is 615 g/mol. The molecule has 0 radical (unpaired) electrons. The van der Waals surface area contributed by atoms with Gasteiger partial charge in [0, 0.05) is 55.7 Å². The number of ether oxygens (including phenoxy) is 1. The molecule has 27 heavy (non-hydrogen) atoms.